The fourth-order valence-corrected chi connectivity index (χ4v) is 3.14. The maximum Gasteiger partial charge on any atom is 0.262 e. The Balaban J connectivity index is 1.84. The summed E-state index contributed by atoms with van der Waals surface area (Å²) in [4.78, 5) is 16.6. The summed E-state index contributed by atoms with van der Waals surface area (Å²) >= 11 is 0. The highest BCUT2D eigenvalue weighted by atomic mass is 16.5. The Morgan fingerprint density at radius 1 is 1.24 bits per heavy atom. The van der Waals surface area contributed by atoms with Crippen molar-refractivity contribution in [1.82, 2.24) is 14.9 Å². The van der Waals surface area contributed by atoms with E-state index in [1.54, 1.807) is 19.4 Å². The van der Waals surface area contributed by atoms with E-state index in [0.29, 0.717) is 0 Å². The molecule has 2 heterocycles. The summed E-state index contributed by atoms with van der Waals surface area (Å²) in [6.07, 6.45) is 3.28. The predicted molar refractivity (Wildman–Crippen MR) is 111 cm³/mol. The summed E-state index contributed by atoms with van der Waals surface area (Å²) in [6, 6.07) is 17.2. The molecule has 1 amide bonds. The summed E-state index contributed by atoms with van der Waals surface area (Å²) in [6.45, 7) is 4.22. The average Bonchev–Trinajstić information content (AvgIpc) is 3.03. The molecule has 3 aromatic rings. The van der Waals surface area contributed by atoms with Crippen molar-refractivity contribution in [2.45, 2.75) is 20.4 Å². The summed E-state index contributed by atoms with van der Waals surface area (Å²) in [5.41, 5.74) is 4.54. The number of methoxy groups -OCH3 is 1. The summed E-state index contributed by atoms with van der Waals surface area (Å²) in [7, 11) is 1.63. The number of carbonyl (C=O) groups excluding carboxylic acids is 1. The van der Waals surface area contributed by atoms with Crippen molar-refractivity contribution in [3.63, 3.8) is 0 Å². The van der Waals surface area contributed by atoms with Crippen LogP contribution >= 0.6 is 0 Å². The van der Waals surface area contributed by atoms with Crippen LogP contribution in [0.15, 0.2) is 60.3 Å². The lowest BCUT2D eigenvalue weighted by Crippen LogP contribution is -2.24. The molecular weight excluding hydrogens is 364 g/mol. The van der Waals surface area contributed by atoms with Gasteiger partial charge in [0.1, 0.15) is 17.4 Å². The zero-order chi connectivity index (χ0) is 20.8. The van der Waals surface area contributed by atoms with Crippen molar-refractivity contribution in [1.29, 1.82) is 5.26 Å². The van der Waals surface area contributed by atoms with Gasteiger partial charge in [0.25, 0.3) is 5.91 Å². The second kappa shape index (κ2) is 8.89. The van der Waals surface area contributed by atoms with Crippen molar-refractivity contribution in [3.05, 3.63) is 82.9 Å². The lowest BCUT2D eigenvalue weighted by molar-refractivity contribution is -0.117. The van der Waals surface area contributed by atoms with Gasteiger partial charge in [0.15, 0.2) is 0 Å². The molecule has 0 fully saturated rings. The Bertz CT molecular complexity index is 1070. The number of aromatic nitrogens is 2. The lowest BCUT2D eigenvalue weighted by atomic mass is 10.1. The quantitative estimate of drug-likeness (QED) is 0.517. The van der Waals surface area contributed by atoms with Gasteiger partial charge < -0.3 is 14.6 Å². The molecule has 0 unspecified atom stereocenters. The third kappa shape index (κ3) is 4.53. The first-order valence-corrected chi connectivity index (χ1v) is 9.16. The Kier molecular flexibility index (Phi) is 6.10. The van der Waals surface area contributed by atoms with Gasteiger partial charge in [-0.25, -0.2) is 0 Å². The standard InChI is InChI=1S/C23H22N4O2/c1-16-12-18(17(2)27(16)21-7-9-22(29-3)10-8-21)13-19(14-24)23(28)26-15-20-6-4-5-11-25-20/h4-13H,15H2,1-3H3,(H,26,28)/b19-13+. The number of hydrogen-bond donors (Lipinski definition) is 1. The highest BCUT2D eigenvalue weighted by molar-refractivity contribution is 6.01. The van der Waals surface area contributed by atoms with Crippen LogP contribution in [0, 0.1) is 25.2 Å². The molecule has 0 aliphatic carbocycles. The fraction of sp³-hybridized carbons (Fsp3) is 0.174. The van der Waals surface area contributed by atoms with Crippen LogP contribution in [-0.4, -0.2) is 22.6 Å². The smallest absolute Gasteiger partial charge is 0.262 e. The Morgan fingerprint density at radius 2 is 2.00 bits per heavy atom. The van der Waals surface area contributed by atoms with Crippen molar-refractivity contribution >= 4 is 12.0 Å². The first-order chi connectivity index (χ1) is 14.0. The molecule has 2 aromatic heterocycles. The molecule has 1 aromatic carbocycles. The highest BCUT2D eigenvalue weighted by Crippen LogP contribution is 2.24. The van der Waals surface area contributed by atoms with Crippen molar-refractivity contribution in [2.24, 2.45) is 0 Å². The Hall–Kier alpha value is -3.85. The largest absolute Gasteiger partial charge is 0.497 e. The zero-order valence-electron chi connectivity index (χ0n) is 16.6. The highest BCUT2D eigenvalue weighted by Gasteiger charge is 2.14. The number of pyridine rings is 1. The minimum atomic E-state index is -0.424. The SMILES string of the molecule is COc1ccc(-n2c(C)cc(/C=C(\C#N)C(=O)NCc3ccccn3)c2C)cc1. The first-order valence-electron chi connectivity index (χ1n) is 9.16. The van der Waals surface area contributed by atoms with E-state index in [2.05, 4.69) is 14.9 Å². The number of nitriles is 1. The van der Waals surface area contributed by atoms with Crippen LogP contribution in [-0.2, 0) is 11.3 Å². The molecule has 0 atom stereocenters. The maximum absolute atomic E-state index is 12.4. The number of benzene rings is 1. The van der Waals surface area contributed by atoms with E-state index >= 15 is 0 Å². The van der Waals surface area contributed by atoms with E-state index in [-0.39, 0.29) is 12.1 Å². The van der Waals surface area contributed by atoms with Gasteiger partial charge in [0.05, 0.1) is 19.3 Å². The van der Waals surface area contributed by atoms with Gasteiger partial charge in [0.2, 0.25) is 0 Å². The molecule has 3 rings (SSSR count). The third-order valence-corrected chi connectivity index (χ3v) is 4.62. The first kappa shape index (κ1) is 19.9. The van der Waals surface area contributed by atoms with Crippen LogP contribution in [0.25, 0.3) is 11.8 Å². The van der Waals surface area contributed by atoms with Gasteiger partial charge in [-0.2, -0.15) is 5.26 Å². The van der Waals surface area contributed by atoms with E-state index in [1.165, 1.54) is 0 Å². The Morgan fingerprint density at radius 3 is 2.62 bits per heavy atom. The summed E-state index contributed by atoms with van der Waals surface area (Å²) in [5, 5.41) is 12.2. The van der Waals surface area contributed by atoms with Crippen LogP contribution < -0.4 is 10.1 Å². The number of amides is 1. The monoisotopic (exact) mass is 386 g/mol. The molecule has 146 valence electrons. The normalized spacial score (nSPS) is 11.0. The summed E-state index contributed by atoms with van der Waals surface area (Å²) in [5.74, 6) is 0.361. The zero-order valence-corrected chi connectivity index (χ0v) is 16.6. The van der Waals surface area contributed by atoms with Gasteiger partial charge in [-0.15, -0.1) is 0 Å². The molecule has 0 aliphatic rings. The molecule has 0 radical (unpaired) electrons. The molecule has 29 heavy (non-hydrogen) atoms. The number of aryl methyl sites for hydroxylation is 1. The number of nitrogens with zero attached hydrogens (tertiary/aromatic N) is 3. The van der Waals surface area contributed by atoms with Crippen molar-refractivity contribution < 1.29 is 9.53 Å². The second-order valence-corrected chi connectivity index (χ2v) is 6.53. The van der Waals surface area contributed by atoms with Crippen LogP contribution in [0.3, 0.4) is 0 Å². The lowest BCUT2D eigenvalue weighted by Gasteiger charge is -2.10. The topological polar surface area (TPSA) is 79.9 Å². The number of ether oxygens (including phenoxy) is 1. The van der Waals surface area contributed by atoms with Gasteiger partial charge in [-0.3, -0.25) is 9.78 Å². The number of hydrogen-bond acceptors (Lipinski definition) is 4. The molecule has 0 saturated heterocycles. The third-order valence-electron chi connectivity index (χ3n) is 4.62. The molecule has 0 bridgehead atoms. The van der Waals surface area contributed by atoms with E-state index in [4.69, 9.17) is 4.74 Å². The van der Waals surface area contributed by atoms with E-state index in [1.807, 2.05) is 68.4 Å². The van der Waals surface area contributed by atoms with Crippen LogP contribution in [0.5, 0.6) is 5.75 Å². The fourth-order valence-electron chi connectivity index (χ4n) is 3.14. The van der Waals surface area contributed by atoms with Crippen LogP contribution in [0.2, 0.25) is 0 Å². The van der Waals surface area contributed by atoms with Gasteiger partial charge in [-0.05, 0) is 68.0 Å². The molecule has 0 aliphatic heterocycles. The number of carbonyl (C=O) groups is 1. The predicted octanol–water partition coefficient (Wildman–Crippen LogP) is 3.72. The van der Waals surface area contributed by atoms with E-state index < -0.39 is 5.91 Å². The van der Waals surface area contributed by atoms with Gasteiger partial charge >= 0.3 is 0 Å². The minimum Gasteiger partial charge on any atom is -0.497 e. The van der Waals surface area contributed by atoms with Crippen LogP contribution in [0.1, 0.15) is 22.6 Å². The van der Waals surface area contributed by atoms with E-state index in [0.717, 1.165) is 34.1 Å². The molecule has 6 heteroatoms. The molecule has 1 N–H and O–H groups in total. The second-order valence-electron chi connectivity index (χ2n) is 6.53. The van der Waals surface area contributed by atoms with Crippen LogP contribution in [0.4, 0.5) is 0 Å². The number of rotatable bonds is 6. The Labute approximate surface area is 170 Å². The summed E-state index contributed by atoms with van der Waals surface area (Å²) < 4.78 is 7.29. The minimum absolute atomic E-state index is 0.0518. The van der Waals surface area contributed by atoms with Crippen molar-refractivity contribution in [2.75, 3.05) is 7.11 Å². The molecule has 0 saturated carbocycles. The van der Waals surface area contributed by atoms with Gasteiger partial charge in [0, 0.05) is 23.3 Å². The molecule has 6 nitrogen and oxygen atoms in total. The number of nitrogens with one attached hydrogen (secondary N) is 1. The molecular formula is C23H22N4O2. The maximum atomic E-state index is 12.4. The average molecular weight is 386 g/mol. The molecule has 0 spiro atoms. The van der Waals surface area contributed by atoms with Crippen molar-refractivity contribution in [3.8, 4) is 17.5 Å². The van der Waals surface area contributed by atoms with Gasteiger partial charge in [-0.1, -0.05) is 6.07 Å². The van der Waals surface area contributed by atoms with E-state index in [9.17, 15) is 10.1 Å².